The van der Waals surface area contributed by atoms with E-state index in [0.717, 1.165) is 15.4 Å². The van der Waals surface area contributed by atoms with E-state index in [9.17, 15) is 18.0 Å². The number of aryl methyl sites for hydroxylation is 2. The molecule has 0 spiro atoms. The molecule has 0 fully saturated rings. The summed E-state index contributed by atoms with van der Waals surface area (Å²) in [6, 6.07) is 20.0. The summed E-state index contributed by atoms with van der Waals surface area (Å²) < 4.78 is 37.5. The number of likely N-dealkylation sites (N-methyl/N-ethyl adjacent to an activating group) is 1. The average Bonchev–Trinajstić information content (AvgIpc) is 2.79. The van der Waals surface area contributed by atoms with E-state index in [4.69, 9.17) is 9.15 Å². The number of nitrogens with zero attached hydrogens (tertiary/aromatic N) is 1. The highest BCUT2D eigenvalue weighted by Crippen LogP contribution is 2.26. The Morgan fingerprint density at radius 3 is 2.32 bits per heavy atom. The summed E-state index contributed by atoms with van der Waals surface area (Å²) in [6.45, 7) is 3.07. The summed E-state index contributed by atoms with van der Waals surface area (Å²) in [5, 5.41) is 0.350. The van der Waals surface area contributed by atoms with Gasteiger partial charge >= 0.3 is 5.97 Å². The molecular weight excluding hydrogens is 454 g/mol. The molecule has 0 unspecified atom stereocenters. The van der Waals surface area contributed by atoms with Crippen molar-refractivity contribution in [3.05, 3.63) is 94.3 Å². The van der Waals surface area contributed by atoms with Gasteiger partial charge in [-0.25, -0.2) is 8.42 Å². The molecule has 0 aliphatic rings. The highest BCUT2D eigenvalue weighted by atomic mass is 32.2. The fourth-order valence-electron chi connectivity index (χ4n) is 3.61. The quantitative estimate of drug-likeness (QED) is 0.304. The molecule has 4 aromatic rings. The van der Waals surface area contributed by atoms with Gasteiger partial charge in [-0.15, -0.1) is 0 Å². The van der Waals surface area contributed by atoms with Crippen molar-refractivity contribution >= 4 is 27.0 Å². The van der Waals surface area contributed by atoms with Crippen molar-refractivity contribution in [2.24, 2.45) is 0 Å². The molecule has 0 aliphatic carbocycles. The Hall–Kier alpha value is -3.75. The van der Waals surface area contributed by atoms with Gasteiger partial charge in [-0.3, -0.25) is 9.59 Å². The molecule has 0 saturated carbocycles. The predicted molar refractivity (Wildman–Crippen MR) is 129 cm³/mol. The molecule has 174 valence electrons. The molecular formula is C26H23NO6S. The molecule has 7 nitrogen and oxygen atoms in total. The number of carbonyl (C=O) groups is 1. The van der Waals surface area contributed by atoms with E-state index in [0.29, 0.717) is 16.7 Å². The van der Waals surface area contributed by atoms with Crippen LogP contribution in [0.4, 0.5) is 0 Å². The number of hydrogen-bond donors (Lipinski definition) is 0. The second-order valence-electron chi connectivity index (χ2n) is 7.93. The third-order valence-corrected chi connectivity index (χ3v) is 7.23. The molecule has 3 aromatic carbocycles. The van der Waals surface area contributed by atoms with Gasteiger partial charge in [0, 0.05) is 13.1 Å². The Labute approximate surface area is 197 Å². The van der Waals surface area contributed by atoms with Gasteiger partial charge in [0.05, 0.1) is 15.8 Å². The number of fused-ring (bicyclic) bond motifs is 1. The molecule has 1 aromatic heterocycles. The van der Waals surface area contributed by atoms with Crippen LogP contribution in [0.3, 0.4) is 0 Å². The Balaban J connectivity index is 1.55. The first kappa shape index (κ1) is 23.4. The second kappa shape index (κ2) is 9.24. The number of esters is 1. The van der Waals surface area contributed by atoms with Crippen molar-refractivity contribution in [3.8, 4) is 16.9 Å². The SMILES string of the molecule is Cc1ccc(S(=O)(=O)N(C)CC(=O)Oc2ccc3c(=O)c(-c4ccccc4)c(C)oc3c2)cc1. The van der Waals surface area contributed by atoms with E-state index in [2.05, 4.69) is 0 Å². The zero-order valence-corrected chi connectivity index (χ0v) is 19.8. The fraction of sp³-hybridized carbons (Fsp3) is 0.154. The lowest BCUT2D eigenvalue weighted by molar-refractivity contribution is -0.134. The zero-order chi connectivity index (χ0) is 24.5. The highest BCUT2D eigenvalue weighted by molar-refractivity contribution is 7.89. The maximum Gasteiger partial charge on any atom is 0.326 e. The van der Waals surface area contributed by atoms with Crippen molar-refractivity contribution in [3.63, 3.8) is 0 Å². The molecule has 34 heavy (non-hydrogen) atoms. The number of sulfonamides is 1. The van der Waals surface area contributed by atoms with E-state index in [-0.39, 0.29) is 21.7 Å². The molecule has 0 amide bonds. The number of benzene rings is 3. The number of rotatable bonds is 6. The van der Waals surface area contributed by atoms with E-state index in [1.165, 1.54) is 37.4 Å². The Morgan fingerprint density at radius 2 is 1.65 bits per heavy atom. The van der Waals surface area contributed by atoms with Gasteiger partial charge in [0.15, 0.2) is 0 Å². The standard InChI is InChI=1S/C26H23NO6S/c1-17-9-12-21(13-10-17)34(30,31)27(3)16-24(28)33-20-11-14-22-23(15-20)32-18(2)25(26(22)29)19-7-5-4-6-8-19/h4-15H,16H2,1-3H3. The van der Waals surface area contributed by atoms with Crippen LogP contribution in [-0.4, -0.2) is 32.3 Å². The largest absolute Gasteiger partial charge is 0.460 e. The van der Waals surface area contributed by atoms with Crippen molar-refractivity contribution in [2.75, 3.05) is 13.6 Å². The van der Waals surface area contributed by atoms with Gasteiger partial charge in [0.1, 0.15) is 23.6 Å². The van der Waals surface area contributed by atoms with Gasteiger partial charge in [-0.05, 0) is 43.7 Å². The molecule has 0 bridgehead atoms. The van der Waals surface area contributed by atoms with Crippen LogP contribution in [0.25, 0.3) is 22.1 Å². The van der Waals surface area contributed by atoms with Crippen molar-refractivity contribution in [1.82, 2.24) is 4.31 Å². The molecule has 0 atom stereocenters. The van der Waals surface area contributed by atoms with E-state index < -0.39 is 22.5 Å². The summed E-state index contributed by atoms with van der Waals surface area (Å²) in [7, 11) is -2.54. The monoisotopic (exact) mass is 477 g/mol. The van der Waals surface area contributed by atoms with Gasteiger partial charge in [0.25, 0.3) is 0 Å². The van der Waals surface area contributed by atoms with Crippen LogP contribution >= 0.6 is 0 Å². The van der Waals surface area contributed by atoms with Crippen LogP contribution in [0.2, 0.25) is 0 Å². The molecule has 8 heteroatoms. The fourth-order valence-corrected chi connectivity index (χ4v) is 4.72. The average molecular weight is 478 g/mol. The molecule has 0 radical (unpaired) electrons. The van der Waals surface area contributed by atoms with Gasteiger partial charge in [-0.1, -0.05) is 48.0 Å². The maximum atomic E-state index is 13.1. The Bertz CT molecular complexity index is 1520. The summed E-state index contributed by atoms with van der Waals surface area (Å²) in [5.41, 5.74) is 2.24. The molecule has 0 N–H and O–H groups in total. The van der Waals surface area contributed by atoms with Crippen LogP contribution in [0.1, 0.15) is 11.3 Å². The normalized spacial score (nSPS) is 11.6. The van der Waals surface area contributed by atoms with Crippen LogP contribution in [0.5, 0.6) is 5.75 Å². The second-order valence-corrected chi connectivity index (χ2v) is 9.98. The minimum atomic E-state index is -3.85. The number of hydrogen-bond acceptors (Lipinski definition) is 6. The van der Waals surface area contributed by atoms with Crippen molar-refractivity contribution < 1.29 is 22.4 Å². The minimum absolute atomic E-state index is 0.0885. The minimum Gasteiger partial charge on any atom is -0.460 e. The smallest absolute Gasteiger partial charge is 0.326 e. The summed E-state index contributed by atoms with van der Waals surface area (Å²) in [6.07, 6.45) is 0. The first-order chi connectivity index (χ1) is 16.2. The summed E-state index contributed by atoms with van der Waals surface area (Å²) >= 11 is 0. The molecule has 1 heterocycles. The zero-order valence-electron chi connectivity index (χ0n) is 18.9. The number of carbonyl (C=O) groups excluding carboxylic acids is 1. The third-order valence-electron chi connectivity index (χ3n) is 5.41. The highest BCUT2D eigenvalue weighted by Gasteiger charge is 2.24. The topological polar surface area (TPSA) is 93.9 Å². The van der Waals surface area contributed by atoms with Gasteiger partial charge < -0.3 is 9.15 Å². The lowest BCUT2D eigenvalue weighted by Crippen LogP contribution is -2.34. The van der Waals surface area contributed by atoms with E-state index >= 15 is 0 Å². The first-order valence-electron chi connectivity index (χ1n) is 10.5. The maximum absolute atomic E-state index is 13.1. The van der Waals surface area contributed by atoms with Crippen molar-refractivity contribution in [2.45, 2.75) is 18.7 Å². The van der Waals surface area contributed by atoms with Crippen LogP contribution in [0, 0.1) is 13.8 Å². The van der Waals surface area contributed by atoms with Gasteiger partial charge in [0.2, 0.25) is 15.5 Å². The lowest BCUT2D eigenvalue weighted by atomic mass is 10.0. The Kier molecular flexibility index (Phi) is 6.37. The summed E-state index contributed by atoms with van der Waals surface area (Å²) in [5.74, 6) is -0.178. The summed E-state index contributed by atoms with van der Waals surface area (Å²) in [4.78, 5) is 25.6. The molecule has 4 rings (SSSR count). The molecule has 0 saturated heterocycles. The predicted octanol–water partition coefficient (Wildman–Crippen LogP) is 4.30. The lowest BCUT2D eigenvalue weighted by Gasteiger charge is -2.16. The third kappa shape index (κ3) is 4.64. The van der Waals surface area contributed by atoms with Gasteiger partial charge in [-0.2, -0.15) is 4.31 Å². The molecule has 0 aliphatic heterocycles. The number of ether oxygens (including phenoxy) is 1. The van der Waals surface area contributed by atoms with Crippen molar-refractivity contribution in [1.29, 1.82) is 0 Å². The first-order valence-corrected chi connectivity index (χ1v) is 12.0. The van der Waals surface area contributed by atoms with E-state index in [1.807, 2.05) is 37.3 Å². The van der Waals surface area contributed by atoms with E-state index in [1.54, 1.807) is 19.1 Å². The van der Waals surface area contributed by atoms with Crippen LogP contribution in [-0.2, 0) is 14.8 Å². The Morgan fingerprint density at radius 1 is 0.971 bits per heavy atom. The van der Waals surface area contributed by atoms with Crippen LogP contribution in [0.15, 0.2) is 86.9 Å². The van der Waals surface area contributed by atoms with Crippen LogP contribution < -0.4 is 10.2 Å².